The van der Waals surface area contributed by atoms with Gasteiger partial charge in [0, 0.05) is 24.3 Å². The van der Waals surface area contributed by atoms with E-state index in [1.165, 1.54) is 0 Å². The number of hydrogen-bond acceptors (Lipinski definition) is 4. The molecular formula is C16H15N7. The third-order valence-electron chi connectivity index (χ3n) is 4.06. The van der Waals surface area contributed by atoms with Gasteiger partial charge in [0.15, 0.2) is 0 Å². The van der Waals surface area contributed by atoms with Crippen LogP contribution in [0.2, 0.25) is 0 Å². The van der Waals surface area contributed by atoms with Gasteiger partial charge in [-0.1, -0.05) is 12.1 Å². The van der Waals surface area contributed by atoms with Crippen LogP contribution in [-0.2, 0) is 5.41 Å². The van der Waals surface area contributed by atoms with E-state index in [9.17, 15) is 0 Å². The Morgan fingerprint density at radius 2 is 1.09 bits per heavy atom. The van der Waals surface area contributed by atoms with Crippen molar-refractivity contribution in [2.75, 3.05) is 5.73 Å². The standard InChI is InChI=1S/C16H15N7/c17-12-3-1-11(2-4-12)16(13-5-8-18-21-13,14-6-9-19-22-14)15-7-10-20-23-15/h1-10H,17H2,(H,18,21)(H,19,22)(H,20,23). The van der Waals surface area contributed by atoms with E-state index in [1.54, 1.807) is 18.6 Å². The maximum absolute atomic E-state index is 5.87. The first kappa shape index (κ1) is 13.3. The molecule has 0 aliphatic rings. The number of aromatic nitrogens is 6. The lowest BCUT2D eigenvalue weighted by Gasteiger charge is -2.31. The molecule has 7 nitrogen and oxygen atoms in total. The lowest BCUT2D eigenvalue weighted by atomic mass is 9.72. The SMILES string of the molecule is Nc1ccc(C(c2ccn[nH]2)(c2ccn[nH]2)c2ccn[nH]2)cc1. The van der Waals surface area contributed by atoms with Gasteiger partial charge in [-0.15, -0.1) is 0 Å². The number of H-pyrrole nitrogens is 3. The first-order valence-electron chi connectivity index (χ1n) is 7.17. The van der Waals surface area contributed by atoms with Crippen LogP contribution in [0.25, 0.3) is 0 Å². The highest BCUT2D eigenvalue weighted by atomic mass is 15.2. The van der Waals surface area contributed by atoms with E-state index in [0.29, 0.717) is 5.69 Å². The fraction of sp³-hybridized carbons (Fsp3) is 0.0625. The molecule has 4 rings (SSSR count). The van der Waals surface area contributed by atoms with Crippen LogP contribution in [0.4, 0.5) is 5.69 Å². The summed E-state index contributed by atoms with van der Waals surface area (Å²) in [7, 11) is 0. The van der Waals surface area contributed by atoms with Crippen LogP contribution in [0.15, 0.2) is 61.1 Å². The quantitative estimate of drug-likeness (QED) is 0.431. The first-order valence-corrected chi connectivity index (χ1v) is 7.17. The van der Waals surface area contributed by atoms with Crippen LogP contribution >= 0.6 is 0 Å². The average Bonchev–Trinajstić information content (AvgIpc) is 3.35. The molecule has 3 aromatic heterocycles. The summed E-state index contributed by atoms with van der Waals surface area (Å²) in [6, 6.07) is 13.6. The summed E-state index contributed by atoms with van der Waals surface area (Å²) in [5.74, 6) is 0. The summed E-state index contributed by atoms with van der Waals surface area (Å²) < 4.78 is 0. The molecule has 5 N–H and O–H groups in total. The van der Waals surface area contributed by atoms with Crippen LogP contribution in [0.5, 0.6) is 0 Å². The summed E-state index contributed by atoms with van der Waals surface area (Å²) in [5, 5.41) is 21.7. The Hall–Kier alpha value is -3.35. The van der Waals surface area contributed by atoms with Crippen molar-refractivity contribution in [2.45, 2.75) is 5.41 Å². The molecule has 0 amide bonds. The maximum Gasteiger partial charge on any atom is 0.120 e. The van der Waals surface area contributed by atoms with Crippen LogP contribution in [0.3, 0.4) is 0 Å². The number of anilines is 1. The molecular weight excluding hydrogens is 290 g/mol. The zero-order valence-corrected chi connectivity index (χ0v) is 12.2. The molecule has 3 heterocycles. The third-order valence-corrected chi connectivity index (χ3v) is 4.06. The number of nitrogens with zero attached hydrogens (tertiary/aromatic N) is 3. The molecule has 23 heavy (non-hydrogen) atoms. The van der Waals surface area contributed by atoms with Gasteiger partial charge in [0.25, 0.3) is 0 Å². The summed E-state index contributed by atoms with van der Waals surface area (Å²) in [6.45, 7) is 0. The van der Waals surface area contributed by atoms with Gasteiger partial charge < -0.3 is 5.73 Å². The Bertz CT molecular complexity index is 775. The van der Waals surface area contributed by atoms with Crippen molar-refractivity contribution in [2.24, 2.45) is 0 Å². The Morgan fingerprint density at radius 3 is 1.43 bits per heavy atom. The van der Waals surface area contributed by atoms with Gasteiger partial charge >= 0.3 is 0 Å². The van der Waals surface area contributed by atoms with Gasteiger partial charge in [0.2, 0.25) is 0 Å². The van der Waals surface area contributed by atoms with E-state index in [0.717, 1.165) is 22.6 Å². The maximum atomic E-state index is 5.87. The van der Waals surface area contributed by atoms with E-state index < -0.39 is 5.41 Å². The molecule has 1 aromatic carbocycles. The van der Waals surface area contributed by atoms with Crippen molar-refractivity contribution >= 4 is 5.69 Å². The van der Waals surface area contributed by atoms with Gasteiger partial charge in [-0.2, -0.15) is 15.3 Å². The lowest BCUT2D eigenvalue weighted by molar-refractivity contribution is 0.653. The Morgan fingerprint density at radius 1 is 0.652 bits per heavy atom. The van der Waals surface area contributed by atoms with Crippen molar-refractivity contribution in [3.05, 3.63) is 83.7 Å². The second-order valence-electron chi connectivity index (χ2n) is 5.28. The normalized spacial score (nSPS) is 11.7. The molecule has 0 spiro atoms. The Balaban J connectivity index is 2.08. The van der Waals surface area contributed by atoms with Crippen LogP contribution < -0.4 is 5.73 Å². The highest BCUT2D eigenvalue weighted by molar-refractivity contribution is 5.55. The van der Waals surface area contributed by atoms with Crippen LogP contribution in [-0.4, -0.2) is 30.6 Å². The predicted octanol–water partition coefficient (Wildman–Crippen LogP) is 1.82. The molecule has 0 fully saturated rings. The van der Waals surface area contributed by atoms with E-state index in [-0.39, 0.29) is 0 Å². The van der Waals surface area contributed by atoms with Crippen LogP contribution in [0, 0.1) is 0 Å². The predicted molar refractivity (Wildman–Crippen MR) is 85.6 cm³/mol. The molecule has 0 radical (unpaired) electrons. The Kier molecular flexibility index (Phi) is 2.97. The van der Waals surface area contributed by atoms with E-state index in [1.807, 2.05) is 42.5 Å². The topological polar surface area (TPSA) is 112 Å². The van der Waals surface area contributed by atoms with Crippen molar-refractivity contribution in [3.63, 3.8) is 0 Å². The van der Waals surface area contributed by atoms with Crippen molar-refractivity contribution in [1.29, 1.82) is 0 Å². The number of rotatable bonds is 4. The molecule has 0 atom stereocenters. The van der Waals surface area contributed by atoms with Crippen molar-refractivity contribution < 1.29 is 0 Å². The smallest absolute Gasteiger partial charge is 0.120 e. The first-order chi connectivity index (χ1) is 11.3. The van der Waals surface area contributed by atoms with E-state index >= 15 is 0 Å². The number of nitrogens with two attached hydrogens (primary N) is 1. The average molecular weight is 305 g/mol. The number of benzene rings is 1. The lowest BCUT2D eigenvalue weighted by Crippen LogP contribution is -2.32. The molecule has 0 bridgehead atoms. The second-order valence-corrected chi connectivity index (χ2v) is 5.28. The third kappa shape index (κ3) is 1.94. The number of nitrogen functional groups attached to an aromatic ring is 1. The van der Waals surface area contributed by atoms with Crippen molar-refractivity contribution in [3.8, 4) is 0 Å². The zero-order valence-electron chi connectivity index (χ0n) is 12.2. The fourth-order valence-electron chi connectivity index (χ4n) is 3.03. The minimum Gasteiger partial charge on any atom is -0.399 e. The van der Waals surface area contributed by atoms with Gasteiger partial charge in [-0.25, -0.2) is 0 Å². The molecule has 0 saturated carbocycles. The number of hydrogen-bond donors (Lipinski definition) is 4. The largest absolute Gasteiger partial charge is 0.399 e. The van der Waals surface area contributed by atoms with Gasteiger partial charge in [0.05, 0.1) is 17.1 Å². The van der Waals surface area contributed by atoms with Crippen LogP contribution in [0.1, 0.15) is 22.6 Å². The molecule has 7 heteroatoms. The molecule has 4 aromatic rings. The van der Waals surface area contributed by atoms with E-state index in [4.69, 9.17) is 5.73 Å². The number of aromatic amines is 3. The summed E-state index contributed by atoms with van der Waals surface area (Å²) >= 11 is 0. The molecule has 0 aliphatic carbocycles. The number of nitrogens with one attached hydrogen (secondary N) is 3. The Labute approximate surface area is 131 Å². The molecule has 0 unspecified atom stereocenters. The minimum absolute atomic E-state index is 0.656. The van der Waals surface area contributed by atoms with Gasteiger partial charge in [0.1, 0.15) is 5.41 Å². The fourth-order valence-corrected chi connectivity index (χ4v) is 3.03. The zero-order chi connectivity index (χ0) is 15.7. The summed E-state index contributed by atoms with van der Waals surface area (Å²) in [5.41, 5.74) is 9.63. The molecule has 0 saturated heterocycles. The van der Waals surface area contributed by atoms with Gasteiger partial charge in [-0.3, -0.25) is 15.3 Å². The molecule has 114 valence electrons. The summed E-state index contributed by atoms with van der Waals surface area (Å²) in [6.07, 6.45) is 5.19. The van der Waals surface area contributed by atoms with Gasteiger partial charge in [-0.05, 0) is 35.9 Å². The highest BCUT2D eigenvalue weighted by Gasteiger charge is 2.42. The monoisotopic (exact) mass is 305 g/mol. The molecule has 0 aliphatic heterocycles. The van der Waals surface area contributed by atoms with E-state index in [2.05, 4.69) is 30.6 Å². The van der Waals surface area contributed by atoms with Crippen molar-refractivity contribution in [1.82, 2.24) is 30.6 Å². The summed E-state index contributed by atoms with van der Waals surface area (Å²) in [4.78, 5) is 0. The highest BCUT2D eigenvalue weighted by Crippen LogP contribution is 2.42. The second kappa shape index (κ2) is 5.13. The minimum atomic E-state index is -0.656.